The molecule has 5 heteroatoms. The van der Waals surface area contributed by atoms with Gasteiger partial charge in [-0.25, -0.2) is 0 Å². The fourth-order valence-electron chi connectivity index (χ4n) is 0.907. The average molecular weight is 322 g/mol. The van der Waals surface area contributed by atoms with Gasteiger partial charge in [0.25, 0.3) is 0 Å². The minimum atomic E-state index is -0.232. The quantitative estimate of drug-likeness (QED) is 0.663. The SMILES string of the molecule is Nc1cccc(NC(=O)C(Br)CBr)c1. The van der Waals surface area contributed by atoms with E-state index in [9.17, 15) is 4.79 Å². The molecule has 0 aliphatic carbocycles. The van der Waals surface area contributed by atoms with Gasteiger partial charge in [0, 0.05) is 16.7 Å². The Morgan fingerprint density at radius 3 is 2.86 bits per heavy atom. The fourth-order valence-corrected chi connectivity index (χ4v) is 1.32. The van der Waals surface area contributed by atoms with Crippen LogP contribution in [0.2, 0.25) is 0 Å². The Morgan fingerprint density at radius 2 is 2.29 bits per heavy atom. The molecule has 0 spiro atoms. The highest BCUT2D eigenvalue weighted by Crippen LogP contribution is 2.13. The molecule has 3 N–H and O–H groups in total. The Labute approximate surface area is 99.3 Å². The van der Waals surface area contributed by atoms with E-state index >= 15 is 0 Å². The van der Waals surface area contributed by atoms with E-state index in [0.29, 0.717) is 16.7 Å². The summed E-state index contributed by atoms with van der Waals surface area (Å²) in [6.45, 7) is 0. The van der Waals surface area contributed by atoms with Crippen molar-refractivity contribution in [3.8, 4) is 0 Å². The van der Waals surface area contributed by atoms with Gasteiger partial charge in [-0.2, -0.15) is 0 Å². The van der Waals surface area contributed by atoms with Crippen LogP contribution in [0, 0.1) is 0 Å². The monoisotopic (exact) mass is 320 g/mol. The van der Waals surface area contributed by atoms with Gasteiger partial charge in [0.15, 0.2) is 0 Å². The first-order valence-electron chi connectivity index (χ1n) is 4.00. The van der Waals surface area contributed by atoms with E-state index in [2.05, 4.69) is 37.2 Å². The summed E-state index contributed by atoms with van der Waals surface area (Å²) >= 11 is 6.44. The van der Waals surface area contributed by atoms with Crippen molar-refractivity contribution in [2.24, 2.45) is 0 Å². The van der Waals surface area contributed by atoms with Crippen LogP contribution in [0.3, 0.4) is 0 Å². The molecule has 14 heavy (non-hydrogen) atoms. The van der Waals surface area contributed by atoms with Gasteiger partial charge in [0.05, 0.1) is 0 Å². The Kier molecular flexibility index (Phi) is 4.41. The van der Waals surface area contributed by atoms with Gasteiger partial charge in [-0.15, -0.1) is 0 Å². The smallest absolute Gasteiger partial charge is 0.239 e. The van der Waals surface area contributed by atoms with Crippen molar-refractivity contribution >= 4 is 49.1 Å². The molecule has 0 saturated carbocycles. The third kappa shape index (κ3) is 3.31. The summed E-state index contributed by atoms with van der Waals surface area (Å²) in [6.07, 6.45) is 0. The molecule has 1 rings (SSSR count). The van der Waals surface area contributed by atoms with E-state index in [0.717, 1.165) is 0 Å². The van der Waals surface area contributed by atoms with Gasteiger partial charge in [0.1, 0.15) is 4.83 Å². The predicted molar refractivity (Wildman–Crippen MR) is 66.0 cm³/mol. The maximum absolute atomic E-state index is 11.4. The van der Waals surface area contributed by atoms with Gasteiger partial charge in [-0.3, -0.25) is 4.79 Å². The van der Waals surface area contributed by atoms with Gasteiger partial charge >= 0.3 is 0 Å². The maximum atomic E-state index is 11.4. The molecule has 1 aromatic rings. The second kappa shape index (κ2) is 5.36. The molecule has 1 atom stereocenters. The highest BCUT2D eigenvalue weighted by molar-refractivity contribution is 9.12. The first kappa shape index (κ1) is 11.5. The van der Waals surface area contributed by atoms with E-state index in [4.69, 9.17) is 5.73 Å². The lowest BCUT2D eigenvalue weighted by atomic mass is 10.3. The number of carbonyl (C=O) groups excluding carboxylic acids is 1. The number of amides is 1. The van der Waals surface area contributed by atoms with Crippen LogP contribution in [0.1, 0.15) is 0 Å². The van der Waals surface area contributed by atoms with E-state index < -0.39 is 0 Å². The third-order valence-electron chi connectivity index (χ3n) is 1.57. The molecule has 76 valence electrons. The molecule has 0 aromatic heterocycles. The summed E-state index contributed by atoms with van der Waals surface area (Å²) in [5, 5.41) is 3.31. The first-order chi connectivity index (χ1) is 6.63. The summed E-state index contributed by atoms with van der Waals surface area (Å²) in [5.41, 5.74) is 6.91. The van der Waals surface area contributed by atoms with E-state index in [1.54, 1.807) is 24.3 Å². The highest BCUT2D eigenvalue weighted by atomic mass is 79.9. The highest BCUT2D eigenvalue weighted by Gasteiger charge is 2.12. The van der Waals surface area contributed by atoms with Crippen molar-refractivity contribution in [3.63, 3.8) is 0 Å². The summed E-state index contributed by atoms with van der Waals surface area (Å²) in [4.78, 5) is 11.2. The van der Waals surface area contributed by atoms with E-state index in [-0.39, 0.29) is 10.7 Å². The van der Waals surface area contributed by atoms with Crippen molar-refractivity contribution < 1.29 is 4.79 Å². The molecule has 0 aliphatic rings. The van der Waals surface area contributed by atoms with Gasteiger partial charge in [0.2, 0.25) is 5.91 Å². The Hall–Kier alpha value is -0.550. The van der Waals surface area contributed by atoms with Gasteiger partial charge < -0.3 is 11.1 Å². The van der Waals surface area contributed by atoms with Crippen LogP contribution in [0.4, 0.5) is 11.4 Å². The second-order valence-corrected chi connectivity index (χ2v) is 4.49. The Bertz CT molecular complexity index is 330. The third-order valence-corrected chi connectivity index (χ3v) is 3.83. The predicted octanol–water partition coefficient (Wildman–Crippen LogP) is 2.37. The lowest BCUT2D eigenvalue weighted by molar-refractivity contribution is -0.115. The zero-order chi connectivity index (χ0) is 10.6. The number of anilines is 2. The molecule has 0 heterocycles. The normalized spacial score (nSPS) is 12.1. The molecule has 0 radical (unpaired) electrons. The standard InChI is InChI=1S/C9H10Br2N2O/c10-5-8(11)9(14)13-7-3-1-2-6(12)4-7/h1-4,8H,5,12H2,(H,13,14). The number of nitrogens with one attached hydrogen (secondary N) is 1. The minimum absolute atomic E-state index is 0.0903. The van der Waals surface area contributed by atoms with Crippen LogP contribution in [-0.4, -0.2) is 16.1 Å². The van der Waals surface area contributed by atoms with Crippen molar-refractivity contribution in [2.45, 2.75) is 4.83 Å². The molecule has 1 aromatic carbocycles. The molecular formula is C9H10Br2N2O. The number of rotatable bonds is 3. The van der Waals surface area contributed by atoms with Crippen LogP contribution in [0.5, 0.6) is 0 Å². The van der Waals surface area contributed by atoms with Gasteiger partial charge in [-0.05, 0) is 18.2 Å². The zero-order valence-corrected chi connectivity index (χ0v) is 10.5. The molecule has 0 fully saturated rings. The minimum Gasteiger partial charge on any atom is -0.399 e. The molecule has 0 aliphatic heterocycles. The van der Waals surface area contributed by atoms with Crippen molar-refractivity contribution in [3.05, 3.63) is 24.3 Å². The number of alkyl halides is 2. The number of benzene rings is 1. The summed E-state index contributed by atoms with van der Waals surface area (Å²) in [5.74, 6) is -0.0903. The lowest BCUT2D eigenvalue weighted by Gasteiger charge is -2.08. The molecule has 0 bridgehead atoms. The number of nitrogen functional groups attached to an aromatic ring is 1. The summed E-state index contributed by atoms with van der Waals surface area (Å²) in [6, 6.07) is 7.07. The molecule has 0 saturated heterocycles. The number of carbonyl (C=O) groups is 1. The summed E-state index contributed by atoms with van der Waals surface area (Å²) in [7, 11) is 0. The van der Waals surface area contributed by atoms with Crippen molar-refractivity contribution in [2.75, 3.05) is 16.4 Å². The number of hydrogen-bond donors (Lipinski definition) is 2. The number of hydrogen-bond acceptors (Lipinski definition) is 2. The summed E-state index contributed by atoms with van der Waals surface area (Å²) < 4.78 is 0. The fraction of sp³-hybridized carbons (Fsp3) is 0.222. The molecule has 3 nitrogen and oxygen atoms in total. The number of nitrogens with two attached hydrogens (primary N) is 1. The maximum Gasteiger partial charge on any atom is 0.239 e. The lowest BCUT2D eigenvalue weighted by Crippen LogP contribution is -2.23. The Balaban J connectivity index is 2.65. The number of halogens is 2. The van der Waals surface area contributed by atoms with Crippen LogP contribution >= 0.6 is 31.9 Å². The van der Waals surface area contributed by atoms with Crippen molar-refractivity contribution in [1.29, 1.82) is 0 Å². The molecular weight excluding hydrogens is 312 g/mol. The largest absolute Gasteiger partial charge is 0.399 e. The average Bonchev–Trinajstić information content (AvgIpc) is 2.16. The molecule has 1 amide bonds. The first-order valence-corrected chi connectivity index (χ1v) is 6.03. The van der Waals surface area contributed by atoms with Crippen LogP contribution < -0.4 is 11.1 Å². The van der Waals surface area contributed by atoms with E-state index in [1.807, 2.05) is 0 Å². The Morgan fingerprint density at radius 1 is 1.57 bits per heavy atom. The second-order valence-electron chi connectivity index (χ2n) is 2.74. The van der Waals surface area contributed by atoms with Gasteiger partial charge in [-0.1, -0.05) is 37.9 Å². The van der Waals surface area contributed by atoms with Crippen LogP contribution in [0.25, 0.3) is 0 Å². The van der Waals surface area contributed by atoms with Crippen LogP contribution in [0.15, 0.2) is 24.3 Å². The van der Waals surface area contributed by atoms with Crippen molar-refractivity contribution in [1.82, 2.24) is 0 Å². The zero-order valence-electron chi connectivity index (χ0n) is 7.34. The van der Waals surface area contributed by atoms with E-state index in [1.165, 1.54) is 0 Å². The van der Waals surface area contributed by atoms with Crippen LogP contribution in [-0.2, 0) is 4.79 Å². The topological polar surface area (TPSA) is 55.1 Å². The molecule has 1 unspecified atom stereocenters.